The lowest BCUT2D eigenvalue weighted by Crippen LogP contribution is -2.24. The lowest BCUT2D eigenvalue weighted by Gasteiger charge is -2.02. The zero-order chi connectivity index (χ0) is 12.3. The van der Waals surface area contributed by atoms with E-state index in [0.717, 1.165) is 22.9 Å². The molecule has 1 aromatic carbocycles. The van der Waals surface area contributed by atoms with E-state index in [1.807, 2.05) is 19.2 Å². The quantitative estimate of drug-likeness (QED) is 0.754. The second kappa shape index (κ2) is 4.91. The zero-order valence-electron chi connectivity index (χ0n) is 9.79. The van der Waals surface area contributed by atoms with Gasteiger partial charge in [0.15, 0.2) is 0 Å². The highest BCUT2D eigenvalue weighted by Gasteiger charge is 2.04. The van der Waals surface area contributed by atoms with E-state index in [1.165, 1.54) is 0 Å². The Hall–Kier alpha value is -1.97. The van der Waals surface area contributed by atoms with Crippen molar-refractivity contribution in [3.05, 3.63) is 30.0 Å². The van der Waals surface area contributed by atoms with Crippen LogP contribution in [0.1, 0.15) is 18.9 Å². The molecule has 90 valence electrons. The van der Waals surface area contributed by atoms with E-state index >= 15 is 0 Å². The van der Waals surface area contributed by atoms with Gasteiger partial charge in [-0.2, -0.15) is 0 Å². The smallest absolute Gasteiger partial charge is 0.219 e. The number of rotatable bonds is 4. The standard InChI is InChI=1S/C13H16N2O2/c1-2-13(17)14-6-5-9-8-15-12-4-3-10(16)7-11(9)12/h3-4,7-8,15-16H,2,5-6H2,1H3,(H,14,17). The van der Waals surface area contributed by atoms with Crippen molar-refractivity contribution in [3.8, 4) is 5.75 Å². The van der Waals surface area contributed by atoms with Gasteiger partial charge in [-0.1, -0.05) is 6.92 Å². The van der Waals surface area contributed by atoms with Crippen molar-refractivity contribution in [3.63, 3.8) is 0 Å². The first-order valence-electron chi connectivity index (χ1n) is 5.76. The van der Waals surface area contributed by atoms with Crippen LogP contribution in [0, 0.1) is 0 Å². The van der Waals surface area contributed by atoms with Crippen LogP contribution in [0.2, 0.25) is 0 Å². The number of carbonyl (C=O) groups is 1. The first kappa shape index (κ1) is 11.5. The van der Waals surface area contributed by atoms with Crippen molar-refractivity contribution in [1.82, 2.24) is 10.3 Å². The molecule has 0 fully saturated rings. The van der Waals surface area contributed by atoms with Crippen molar-refractivity contribution < 1.29 is 9.90 Å². The summed E-state index contributed by atoms with van der Waals surface area (Å²) in [5, 5.41) is 13.3. The maximum absolute atomic E-state index is 11.1. The summed E-state index contributed by atoms with van der Waals surface area (Å²) >= 11 is 0. The number of nitrogens with one attached hydrogen (secondary N) is 2. The molecule has 0 radical (unpaired) electrons. The van der Waals surface area contributed by atoms with Gasteiger partial charge in [0.25, 0.3) is 0 Å². The molecule has 2 aromatic rings. The zero-order valence-corrected chi connectivity index (χ0v) is 9.79. The van der Waals surface area contributed by atoms with Crippen LogP contribution < -0.4 is 5.32 Å². The summed E-state index contributed by atoms with van der Waals surface area (Å²) < 4.78 is 0. The maximum atomic E-state index is 11.1. The molecule has 0 unspecified atom stereocenters. The number of aromatic amines is 1. The summed E-state index contributed by atoms with van der Waals surface area (Å²) in [6, 6.07) is 5.24. The molecule has 4 heteroatoms. The molecule has 0 spiro atoms. The summed E-state index contributed by atoms with van der Waals surface area (Å²) in [6.45, 7) is 2.45. The van der Waals surface area contributed by atoms with Gasteiger partial charge in [0.1, 0.15) is 5.75 Å². The number of fused-ring (bicyclic) bond motifs is 1. The Morgan fingerprint density at radius 3 is 3.06 bits per heavy atom. The molecular formula is C13H16N2O2. The van der Waals surface area contributed by atoms with Crippen molar-refractivity contribution in [2.45, 2.75) is 19.8 Å². The van der Waals surface area contributed by atoms with Crippen molar-refractivity contribution in [2.75, 3.05) is 6.54 Å². The van der Waals surface area contributed by atoms with Gasteiger partial charge in [0, 0.05) is 30.1 Å². The first-order chi connectivity index (χ1) is 8.20. The average molecular weight is 232 g/mol. The second-order valence-corrected chi connectivity index (χ2v) is 4.00. The SMILES string of the molecule is CCC(=O)NCCc1c[nH]c2ccc(O)cc12. The van der Waals surface area contributed by atoms with E-state index in [-0.39, 0.29) is 11.7 Å². The molecule has 1 aromatic heterocycles. The molecule has 17 heavy (non-hydrogen) atoms. The van der Waals surface area contributed by atoms with Gasteiger partial charge in [-0.3, -0.25) is 4.79 Å². The molecule has 0 saturated heterocycles. The predicted molar refractivity (Wildman–Crippen MR) is 67.0 cm³/mol. The van der Waals surface area contributed by atoms with E-state index in [1.54, 1.807) is 12.1 Å². The van der Waals surface area contributed by atoms with E-state index < -0.39 is 0 Å². The number of aromatic nitrogens is 1. The summed E-state index contributed by atoms with van der Waals surface area (Å²) in [5.74, 6) is 0.323. The van der Waals surface area contributed by atoms with E-state index in [2.05, 4.69) is 10.3 Å². The fourth-order valence-corrected chi connectivity index (χ4v) is 1.83. The maximum Gasteiger partial charge on any atom is 0.219 e. The Morgan fingerprint density at radius 2 is 2.29 bits per heavy atom. The number of aromatic hydroxyl groups is 1. The van der Waals surface area contributed by atoms with Crippen LogP contribution in [0.4, 0.5) is 0 Å². The highest BCUT2D eigenvalue weighted by atomic mass is 16.3. The first-order valence-corrected chi connectivity index (χ1v) is 5.76. The van der Waals surface area contributed by atoms with Gasteiger partial charge < -0.3 is 15.4 Å². The van der Waals surface area contributed by atoms with Crippen molar-refractivity contribution in [1.29, 1.82) is 0 Å². The molecule has 0 saturated carbocycles. The topological polar surface area (TPSA) is 65.1 Å². The third-order valence-electron chi connectivity index (χ3n) is 2.79. The molecule has 0 aliphatic carbocycles. The Labute approximate surface area is 99.7 Å². The molecule has 1 heterocycles. The van der Waals surface area contributed by atoms with Gasteiger partial charge in [0.2, 0.25) is 5.91 Å². The van der Waals surface area contributed by atoms with E-state index in [0.29, 0.717) is 13.0 Å². The second-order valence-electron chi connectivity index (χ2n) is 4.00. The average Bonchev–Trinajstić information content (AvgIpc) is 2.72. The molecule has 4 nitrogen and oxygen atoms in total. The fourth-order valence-electron chi connectivity index (χ4n) is 1.83. The third kappa shape index (κ3) is 2.58. The summed E-state index contributed by atoms with van der Waals surface area (Å²) in [4.78, 5) is 14.2. The van der Waals surface area contributed by atoms with Gasteiger partial charge >= 0.3 is 0 Å². The minimum absolute atomic E-state index is 0.0627. The Bertz CT molecular complexity index is 531. The summed E-state index contributed by atoms with van der Waals surface area (Å²) in [5.41, 5.74) is 2.10. The molecule has 0 bridgehead atoms. The van der Waals surface area contributed by atoms with Crippen LogP contribution in [-0.2, 0) is 11.2 Å². The van der Waals surface area contributed by atoms with Gasteiger partial charge in [-0.15, -0.1) is 0 Å². The number of phenols is 1. The monoisotopic (exact) mass is 232 g/mol. The summed E-state index contributed by atoms with van der Waals surface area (Å²) in [7, 11) is 0. The largest absolute Gasteiger partial charge is 0.508 e. The number of hydrogen-bond acceptors (Lipinski definition) is 2. The van der Waals surface area contributed by atoms with Crippen LogP contribution in [0.5, 0.6) is 5.75 Å². The van der Waals surface area contributed by atoms with Crippen molar-refractivity contribution in [2.24, 2.45) is 0 Å². The molecule has 2 rings (SSSR count). The van der Waals surface area contributed by atoms with E-state index in [4.69, 9.17) is 0 Å². The number of phenolic OH excluding ortho intramolecular Hbond substituents is 1. The van der Waals surface area contributed by atoms with Crippen LogP contribution in [0.15, 0.2) is 24.4 Å². The Kier molecular flexibility index (Phi) is 3.32. The Morgan fingerprint density at radius 1 is 1.47 bits per heavy atom. The molecule has 0 aliphatic heterocycles. The number of hydrogen-bond donors (Lipinski definition) is 3. The highest BCUT2D eigenvalue weighted by Crippen LogP contribution is 2.22. The third-order valence-corrected chi connectivity index (χ3v) is 2.79. The number of benzene rings is 1. The van der Waals surface area contributed by atoms with Crippen LogP contribution in [0.25, 0.3) is 10.9 Å². The normalized spacial score (nSPS) is 10.6. The molecule has 3 N–H and O–H groups in total. The number of carbonyl (C=O) groups excluding carboxylic acids is 1. The number of amides is 1. The lowest BCUT2D eigenvalue weighted by atomic mass is 10.1. The van der Waals surface area contributed by atoms with Gasteiger partial charge in [-0.25, -0.2) is 0 Å². The Balaban J connectivity index is 2.08. The van der Waals surface area contributed by atoms with E-state index in [9.17, 15) is 9.90 Å². The fraction of sp³-hybridized carbons (Fsp3) is 0.308. The minimum atomic E-state index is 0.0627. The number of H-pyrrole nitrogens is 1. The summed E-state index contributed by atoms with van der Waals surface area (Å²) in [6.07, 6.45) is 3.19. The van der Waals surface area contributed by atoms with Crippen molar-refractivity contribution >= 4 is 16.8 Å². The van der Waals surface area contributed by atoms with Gasteiger partial charge in [0.05, 0.1) is 0 Å². The molecular weight excluding hydrogens is 216 g/mol. The molecule has 1 amide bonds. The minimum Gasteiger partial charge on any atom is -0.508 e. The van der Waals surface area contributed by atoms with Crippen LogP contribution in [0.3, 0.4) is 0 Å². The lowest BCUT2D eigenvalue weighted by molar-refractivity contribution is -0.120. The highest BCUT2D eigenvalue weighted by molar-refractivity contribution is 5.84. The van der Waals surface area contributed by atoms with Gasteiger partial charge in [-0.05, 0) is 30.2 Å². The van der Waals surface area contributed by atoms with Crippen LogP contribution >= 0.6 is 0 Å². The predicted octanol–water partition coefficient (Wildman–Crippen LogP) is 1.94. The van der Waals surface area contributed by atoms with Crippen LogP contribution in [-0.4, -0.2) is 22.5 Å². The molecule has 0 aliphatic rings. The molecule has 0 atom stereocenters.